The molecule has 6 aliphatic heterocycles. The predicted molar refractivity (Wildman–Crippen MR) is 328 cm³/mol. The summed E-state index contributed by atoms with van der Waals surface area (Å²) in [4.78, 5) is 52.1. The molecular weight excluding hydrogens is 1680 g/mol. The summed E-state index contributed by atoms with van der Waals surface area (Å²) in [7, 11) is -10.9. The second-order valence-corrected chi connectivity index (χ2v) is 59.4. The molecule has 0 aliphatic carbocycles. The van der Waals surface area contributed by atoms with Crippen LogP contribution >= 0.6 is 59.9 Å². The molecule has 12 rings (SSSR count). The topological polar surface area (TPSA) is 238 Å². The quantitative estimate of drug-likeness (QED) is 0.0241. The molecule has 0 saturated carbocycles. The van der Waals surface area contributed by atoms with Gasteiger partial charge in [0.05, 0.1) is 45.8 Å². The van der Waals surface area contributed by atoms with Crippen molar-refractivity contribution in [3.63, 3.8) is 0 Å². The van der Waals surface area contributed by atoms with Gasteiger partial charge in [0.15, 0.2) is 67.1 Å². The largest absolute Gasteiger partial charge is 1.00 e. The van der Waals surface area contributed by atoms with E-state index in [1.54, 1.807) is 0 Å². The van der Waals surface area contributed by atoms with E-state index in [4.69, 9.17) is 54.4 Å². The van der Waals surface area contributed by atoms with Gasteiger partial charge < -0.3 is 54.5 Å². The van der Waals surface area contributed by atoms with E-state index in [1.165, 1.54) is 40.5 Å². The summed E-state index contributed by atoms with van der Waals surface area (Å²) in [5.41, 5.74) is 2.61. The molecule has 4 bridgehead atoms. The van der Waals surface area contributed by atoms with E-state index in [0.717, 1.165) is 0 Å². The first kappa shape index (κ1) is 78.9. The van der Waals surface area contributed by atoms with E-state index in [9.17, 15) is 35.7 Å². The molecule has 6 fully saturated rings. The molecule has 87 heavy (non-hydrogen) atoms. The van der Waals surface area contributed by atoms with Crippen LogP contribution < -0.4 is 46.5 Å². The van der Waals surface area contributed by atoms with Crippen molar-refractivity contribution in [3.8, 4) is 0 Å². The Kier molecular flexibility index (Phi) is 34.4. The monoisotopic (exact) mass is 1730 g/mol. The van der Waals surface area contributed by atoms with E-state index < -0.39 is 70.7 Å². The molecule has 6 heterocycles. The molecule has 466 valence electrons. The van der Waals surface area contributed by atoms with Crippen LogP contribution in [0.2, 0.25) is 0 Å². The van der Waals surface area contributed by atoms with Gasteiger partial charge in [-0.15, -0.1) is 7.77 Å². The Morgan fingerprint density at radius 2 is 0.747 bits per heavy atom. The van der Waals surface area contributed by atoms with Crippen molar-refractivity contribution in [2.45, 2.75) is 112 Å². The molecule has 6 saturated heterocycles. The van der Waals surface area contributed by atoms with Crippen LogP contribution in [0.1, 0.15) is 31.4 Å². The van der Waals surface area contributed by atoms with Gasteiger partial charge >= 0.3 is 118 Å². The molecule has 0 radical (unpaired) electrons. The zero-order valence-corrected chi connectivity index (χ0v) is 60.1. The van der Waals surface area contributed by atoms with Gasteiger partial charge in [-0.05, 0) is 99.5 Å². The predicted octanol–water partition coefficient (Wildman–Crippen LogP) is 5.47. The molecule has 10 unspecified atom stereocenters. The van der Waals surface area contributed by atoms with Gasteiger partial charge in [0.1, 0.15) is 12.2 Å². The van der Waals surface area contributed by atoms with Crippen LogP contribution in [0.25, 0.3) is 0 Å². The van der Waals surface area contributed by atoms with Crippen molar-refractivity contribution in [2.24, 2.45) is 11.8 Å². The summed E-state index contributed by atoms with van der Waals surface area (Å²) >= 11 is 7.39. The average Bonchev–Trinajstić information content (AvgIpc) is 2.59. The number of carbonyl (C=O) groups is 4. The molecule has 6 aromatic carbocycles. The Bertz CT molecular complexity index is 3030. The fourth-order valence-corrected chi connectivity index (χ4v) is 13.7. The number of hydrogen-bond acceptors (Lipinski definition) is 16. The summed E-state index contributed by atoms with van der Waals surface area (Å²) in [6, 6.07) is 60.8. The third-order valence-corrected chi connectivity index (χ3v) is 17.2. The van der Waals surface area contributed by atoms with Crippen LogP contribution in [-0.4, -0.2) is 112 Å². The van der Waals surface area contributed by atoms with Crippen LogP contribution in [-0.2, 0) is 95.3 Å². The molecule has 0 amide bonds. The van der Waals surface area contributed by atoms with Crippen molar-refractivity contribution in [1.82, 2.24) is 0 Å². The van der Waals surface area contributed by atoms with Crippen LogP contribution in [0.5, 0.6) is 0 Å². The maximum atomic E-state index is 12.0. The van der Waals surface area contributed by atoms with Crippen molar-refractivity contribution in [2.75, 3.05) is 13.3 Å². The number of ether oxygens (including phenoxy) is 6. The Morgan fingerprint density at radius 1 is 0.517 bits per heavy atom. The summed E-state index contributed by atoms with van der Waals surface area (Å²) in [6.07, 6.45) is -2.54. The summed E-state index contributed by atoms with van der Waals surface area (Å²) in [6.45, 7) is 1.93. The number of hydrogen-bond donors (Lipinski definition) is 0. The van der Waals surface area contributed by atoms with Crippen LogP contribution in [0.3, 0.4) is 0 Å². The van der Waals surface area contributed by atoms with Crippen LogP contribution in [0, 0.1) is 25.7 Å². The summed E-state index contributed by atoms with van der Waals surface area (Å²) in [5, 5.41) is 0. The maximum Gasteiger partial charge on any atom is 1.00 e. The first-order valence-electron chi connectivity index (χ1n) is 25.0. The zero-order chi connectivity index (χ0) is 61.3. The van der Waals surface area contributed by atoms with Crippen molar-refractivity contribution in [1.29, 1.82) is 0 Å². The first-order chi connectivity index (χ1) is 39.8. The standard InChI is InChI=1S/2C19H17S.2C9H9FO5.CH4.BrH.2FHO3S.3HI.Na.V/c2*1-16-12-14-19(15-13-16)20(17-8-4-2-5-9-17)18-10-6-3-7-11-18;2*10-2-5(11)14-7-4-1-3-6(13-4)8(7)15-9(3)12;;;2*1-5(2,3)4;;;;;/h2*2-15H,1H3;2*3-4,6-8H,1-2H2;1H4;1H;2*(H,2,3,4);3*1H;;/q2*+1;;;;;;;;;;+1;+3/p-6. The van der Waals surface area contributed by atoms with Gasteiger partial charge in [0.2, 0.25) is 0 Å². The van der Waals surface area contributed by atoms with Gasteiger partial charge in [0.25, 0.3) is 21.0 Å². The fraction of sp³-hybridized carbons (Fsp3) is 0.298. The number of halogens is 8. The number of fused-ring (bicyclic) bond motifs is 2. The van der Waals surface area contributed by atoms with E-state index >= 15 is 0 Å². The summed E-state index contributed by atoms with van der Waals surface area (Å²) in [5.74, 6) is -2.91. The molecule has 30 heteroatoms. The minimum Gasteiger partial charge on any atom is 1.00 e. The van der Waals surface area contributed by atoms with Crippen LogP contribution in [0.4, 0.5) is 16.6 Å². The van der Waals surface area contributed by atoms with Gasteiger partial charge in [0, 0.05) is 0 Å². The van der Waals surface area contributed by atoms with Gasteiger partial charge in [-0.1, -0.05) is 116 Å². The molecule has 10 atom stereocenters. The maximum absolute atomic E-state index is 12.0. The molecule has 6 aromatic rings. The number of alkyl halides is 2. The second kappa shape index (κ2) is 38.0. The SMILES string of the molecule is C.Cc1ccc([S+](c2ccccc2)c2ccccc2)cc1.Cc1ccc([S+](c2ccccc2)c2ccccc2)cc1.O=C(CF)OC1C2CC3C(=O)OC1C3O2.O=C(CF)OC1C2CC3C(=O)OC1C3O2.O=S(=O)([O-])F.O=S(=O)([O-])F.[Br-].[I][V]([I])[I].[Na+]. The van der Waals surface area contributed by atoms with Gasteiger partial charge in [-0.3, -0.25) is 9.59 Å². The van der Waals surface area contributed by atoms with Crippen LogP contribution in [0.15, 0.2) is 199 Å². The smallest absolute Gasteiger partial charge is 1.00 e. The van der Waals surface area contributed by atoms with Gasteiger partial charge in [-0.2, -0.15) is 0 Å². The Labute approximate surface area is 579 Å². The second-order valence-electron chi connectivity index (χ2n) is 18.4. The van der Waals surface area contributed by atoms with Crippen molar-refractivity contribution in [3.05, 3.63) is 181 Å². The minimum absolute atomic E-state index is 0. The molecule has 0 spiro atoms. The minimum atomic E-state index is -5.42. The molecule has 0 aromatic heterocycles. The van der Waals surface area contributed by atoms with E-state index in [-0.39, 0.29) is 129 Å². The number of carbonyl (C=O) groups excluding carboxylic acids is 4. The third kappa shape index (κ3) is 24.9. The number of rotatable bonds is 10. The fourth-order valence-electron chi connectivity index (χ4n) is 9.52. The van der Waals surface area contributed by atoms with E-state index in [2.05, 4.69) is 244 Å². The van der Waals surface area contributed by atoms with Crippen molar-refractivity contribution < 1.29 is 142 Å². The normalized spacial score (nSPS) is 22.4. The molecule has 0 N–H and O–H groups in total. The Balaban J connectivity index is 0.000000281. The third-order valence-electron chi connectivity index (χ3n) is 12.7. The number of aryl methyl sites for hydroxylation is 2. The Morgan fingerprint density at radius 3 is 0.977 bits per heavy atom. The molecular formula is C57H56BrF4I3NaO16S4V. The van der Waals surface area contributed by atoms with E-state index in [0.29, 0.717) is 12.8 Å². The molecule has 16 nitrogen and oxygen atoms in total. The Hall–Kier alpha value is -2.39. The van der Waals surface area contributed by atoms with Gasteiger partial charge in [-0.25, -0.2) is 35.2 Å². The van der Waals surface area contributed by atoms with E-state index in [1.807, 2.05) is 0 Å². The number of benzene rings is 6. The number of esters is 4. The average molecular weight is 1740 g/mol. The zero-order valence-electron chi connectivity index (χ0n) is 45.4. The summed E-state index contributed by atoms with van der Waals surface area (Å²) < 4.78 is 125. The first-order valence-corrected chi connectivity index (χ1v) is 43.5. The van der Waals surface area contributed by atoms with Crippen molar-refractivity contribution >= 4 is 127 Å². The molecule has 6 aliphatic rings.